The van der Waals surface area contributed by atoms with Gasteiger partial charge in [0.05, 0.1) is 32.0 Å². The summed E-state index contributed by atoms with van der Waals surface area (Å²) in [6.45, 7) is 13.3. The minimum Gasteiger partial charge on any atom is -0.496 e. The van der Waals surface area contributed by atoms with E-state index < -0.39 is 48.4 Å². The number of rotatable bonds is 8. The molecule has 0 spiro atoms. The maximum atomic E-state index is 13.6. The molecule has 3 aromatic rings. The van der Waals surface area contributed by atoms with Crippen LogP contribution in [0.4, 0.5) is 24.1 Å². The Kier molecular flexibility index (Phi) is 11.0. The number of aromatic nitrogens is 2. The summed E-state index contributed by atoms with van der Waals surface area (Å²) in [4.78, 5) is 46.6. The van der Waals surface area contributed by atoms with E-state index in [0.29, 0.717) is 36.5 Å². The second-order valence-corrected chi connectivity index (χ2v) is 13.7. The fourth-order valence-electron chi connectivity index (χ4n) is 5.75. The van der Waals surface area contributed by atoms with Gasteiger partial charge in [-0.2, -0.15) is 0 Å². The highest BCUT2D eigenvalue weighted by Crippen LogP contribution is 2.37. The van der Waals surface area contributed by atoms with Gasteiger partial charge in [-0.3, -0.25) is 19.7 Å². The fraction of sp³-hybridized carbons (Fsp3) is 0.529. The SMILES string of the molecule is COC(=O)c1ncc([C@@H]2CN(CC(F)F)CCN2Cc2c(OC)cc(C)c3c2ccn3C(=O)OC(C)(C)C)cc1NC(=O)OC(C)(C)C. The third kappa shape index (κ3) is 8.78. The van der Waals surface area contributed by atoms with Gasteiger partial charge >= 0.3 is 18.2 Å². The molecule has 0 unspecified atom stereocenters. The van der Waals surface area contributed by atoms with Gasteiger partial charge in [-0.15, -0.1) is 0 Å². The van der Waals surface area contributed by atoms with Gasteiger partial charge in [0.1, 0.15) is 17.0 Å². The summed E-state index contributed by atoms with van der Waals surface area (Å²) in [7, 11) is 2.77. The van der Waals surface area contributed by atoms with Gasteiger partial charge < -0.3 is 18.9 Å². The maximum Gasteiger partial charge on any atom is 0.419 e. The molecule has 1 amide bonds. The van der Waals surface area contributed by atoms with Gasteiger partial charge in [0.2, 0.25) is 0 Å². The molecule has 14 heteroatoms. The van der Waals surface area contributed by atoms with Crippen molar-refractivity contribution >= 4 is 34.7 Å². The standard InChI is InChI=1S/C34H45F2N5O7/c1-20-14-26(45-8)23(22-10-11-41(29(20)22)32(44)48-34(5,6)7)17-40-13-12-39(19-27(35)36)18-25(40)21-15-24(28(37-16-21)30(42)46-9)38-31(43)47-33(2,3)4/h10-11,14-16,25,27H,12-13,17-19H2,1-9H3,(H,38,43)/t25-/m0/s1. The second kappa shape index (κ2) is 14.4. The van der Waals surface area contributed by atoms with E-state index in [-0.39, 0.29) is 17.9 Å². The molecule has 0 bridgehead atoms. The molecule has 0 saturated carbocycles. The molecule has 1 N–H and O–H groups in total. The average Bonchev–Trinajstić information content (AvgIpc) is 3.43. The number of amides is 1. The Morgan fingerprint density at radius 3 is 2.33 bits per heavy atom. The van der Waals surface area contributed by atoms with Gasteiger partial charge in [-0.05, 0) is 77.8 Å². The molecular formula is C34H45F2N5O7. The zero-order valence-corrected chi connectivity index (χ0v) is 29.0. The number of piperazine rings is 1. The van der Waals surface area contributed by atoms with Crippen molar-refractivity contribution in [3.63, 3.8) is 0 Å². The van der Waals surface area contributed by atoms with E-state index in [1.54, 1.807) is 65.8 Å². The van der Waals surface area contributed by atoms with Crippen LogP contribution in [0.15, 0.2) is 30.6 Å². The topological polar surface area (TPSA) is 124 Å². The minimum absolute atomic E-state index is 0.0595. The Labute approximate surface area is 279 Å². The molecule has 12 nitrogen and oxygen atoms in total. The van der Waals surface area contributed by atoms with Gasteiger partial charge in [0.25, 0.3) is 6.43 Å². The van der Waals surface area contributed by atoms with Crippen molar-refractivity contribution in [2.75, 3.05) is 45.7 Å². The number of anilines is 1. The number of ether oxygens (including phenoxy) is 4. The summed E-state index contributed by atoms with van der Waals surface area (Å²) >= 11 is 0. The van der Waals surface area contributed by atoms with Crippen LogP contribution < -0.4 is 10.1 Å². The molecule has 1 aliphatic heterocycles. The second-order valence-electron chi connectivity index (χ2n) is 13.7. The van der Waals surface area contributed by atoms with Gasteiger partial charge in [0, 0.05) is 55.6 Å². The van der Waals surface area contributed by atoms with Crippen molar-refractivity contribution < 1.29 is 42.1 Å². The average molecular weight is 674 g/mol. The van der Waals surface area contributed by atoms with Crippen LogP contribution in [-0.4, -0.2) is 95.5 Å². The fourth-order valence-corrected chi connectivity index (χ4v) is 5.75. The highest BCUT2D eigenvalue weighted by atomic mass is 19.3. The van der Waals surface area contributed by atoms with Crippen LogP contribution in [0, 0.1) is 6.92 Å². The number of methoxy groups -OCH3 is 2. The number of alkyl halides is 2. The number of fused-ring (bicyclic) bond motifs is 1. The molecule has 0 radical (unpaired) electrons. The molecule has 48 heavy (non-hydrogen) atoms. The Hall–Kier alpha value is -4.30. The number of aryl methyl sites for hydroxylation is 1. The number of nitrogens with one attached hydrogen (secondary N) is 1. The number of carbonyl (C=O) groups excluding carboxylic acids is 3. The third-order valence-electron chi connectivity index (χ3n) is 7.68. The lowest BCUT2D eigenvalue weighted by Crippen LogP contribution is -2.49. The first-order valence-electron chi connectivity index (χ1n) is 15.6. The van der Waals surface area contributed by atoms with E-state index in [0.717, 1.165) is 16.5 Å². The third-order valence-corrected chi connectivity index (χ3v) is 7.68. The zero-order valence-electron chi connectivity index (χ0n) is 29.0. The Balaban J connectivity index is 1.78. The van der Waals surface area contributed by atoms with Gasteiger partial charge in [0.15, 0.2) is 5.69 Å². The molecule has 1 atom stereocenters. The van der Waals surface area contributed by atoms with Crippen LogP contribution in [0.1, 0.15) is 74.8 Å². The van der Waals surface area contributed by atoms with E-state index >= 15 is 0 Å². The van der Waals surface area contributed by atoms with Crippen molar-refractivity contribution in [2.45, 2.75) is 78.7 Å². The molecule has 262 valence electrons. The number of hydrogen-bond donors (Lipinski definition) is 1. The zero-order chi connectivity index (χ0) is 35.6. The van der Waals surface area contributed by atoms with E-state index in [4.69, 9.17) is 18.9 Å². The molecule has 1 aromatic carbocycles. The maximum absolute atomic E-state index is 13.6. The summed E-state index contributed by atoms with van der Waals surface area (Å²) in [5.41, 5.74) is 1.25. The predicted octanol–water partition coefficient (Wildman–Crippen LogP) is 6.39. The monoisotopic (exact) mass is 673 g/mol. The summed E-state index contributed by atoms with van der Waals surface area (Å²) in [6.07, 6.45) is -0.705. The van der Waals surface area contributed by atoms with Crippen LogP contribution in [0.5, 0.6) is 5.75 Å². The first-order valence-corrected chi connectivity index (χ1v) is 15.6. The van der Waals surface area contributed by atoms with Crippen molar-refractivity contribution in [2.24, 2.45) is 0 Å². The van der Waals surface area contributed by atoms with E-state index in [9.17, 15) is 23.2 Å². The quantitative estimate of drug-likeness (QED) is 0.212. The molecule has 1 aliphatic rings. The van der Waals surface area contributed by atoms with Gasteiger partial charge in [-0.1, -0.05) is 0 Å². The molecular weight excluding hydrogens is 628 g/mol. The lowest BCUT2D eigenvalue weighted by Gasteiger charge is -2.42. The first-order chi connectivity index (χ1) is 22.4. The van der Waals surface area contributed by atoms with Crippen molar-refractivity contribution in [1.29, 1.82) is 0 Å². The van der Waals surface area contributed by atoms with Crippen LogP contribution in [-0.2, 0) is 20.8 Å². The lowest BCUT2D eigenvalue weighted by molar-refractivity contribution is 0.0244. The number of nitrogens with zero attached hydrogens (tertiary/aromatic N) is 4. The van der Waals surface area contributed by atoms with Gasteiger partial charge in [-0.25, -0.2) is 28.1 Å². The molecule has 2 aromatic heterocycles. The smallest absolute Gasteiger partial charge is 0.419 e. The van der Waals surface area contributed by atoms with Crippen LogP contribution in [0.3, 0.4) is 0 Å². The summed E-state index contributed by atoms with van der Waals surface area (Å²) in [5.74, 6) is -0.170. The summed E-state index contributed by atoms with van der Waals surface area (Å²) < 4.78 is 50.3. The summed E-state index contributed by atoms with van der Waals surface area (Å²) in [6, 6.07) is 4.79. The molecule has 1 saturated heterocycles. The number of esters is 1. The van der Waals surface area contributed by atoms with Crippen LogP contribution >= 0.6 is 0 Å². The van der Waals surface area contributed by atoms with E-state index in [1.165, 1.54) is 17.9 Å². The number of pyridine rings is 1. The highest BCUT2D eigenvalue weighted by Gasteiger charge is 2.33. The Morgan fingerprint density at radius 2 is 1.73 bits per heavy atom. The first kappa shape index (κ1) is 36.5. The molecule has 3 heterocycles. The largest absolute Gasteiger partial charge is 0.496 e. The van der Waals surface area contributed by atoms with E-state index in [2.05, 4.69) is 15.2 Å². The van der Waals surface area contributed by atoms with Crippen molar-refractivity contribution in [3.05, 3.63) is 53.0 Å². The number of benzene rings is 1. The number of carbonyl (C=O) groups is 3. The van der Waals surface area contributed by atoms with E-state index in [1.807, 2.05) is 19.1 Å². The van der Waals surface area contributed by atoms with Crippen LogP contribution in [0.25, 0.3) is 10.9 Å². The molecule has 0 aliphatic carbocycles. The lowest BCUT2D eigenvalue weighted by atomic mass is 9.99. The van der Waals surface area contributed by atoms with Crippen molar-refractivity contribution in [3.8, 4) is 5.75 Å². The normalized spacial score (nSPS) is 16.2. The Morgan fingerprint density at radius 1 is 1.04 bits per heavy atom. The highest BCUT2D eigenvalue weighted by molar-refractivity contribution is 5.98. The minimum atomic E-state index is -2.54. The number of halogens is 2. The van der Waals surface area contributed by atoms with Crippen LogP contribution in [0.2, 0.25) is 0 Å². The molecule has 4 rings (SSSR count). The van der Waals surface area contributed by atoms with Crippen molar-refractivity contribution in [1.82, 2.24) is 19.4 Å². The number of hydrogen-bond acceptors (Lipinski definition) is 10. The summed E-state index contributed by atoms with van der Waals surface area (Å²) in [5, 5.41) is 3.38. The predicted molar refractivity (Wildman–Crippen MR) is 176 cm³/mol. The molecule has 1 fully saturated rings. The Bertz CT molecular complexity index is 1660.